The normalized spacial score (nSPS) is 27.4. The molecule has 1 aliphatic rings. The molecule has 14 heteroatoms. The van der Waals surface area contributed by atoms with Crippen LogP contribution in [-0.4, -0.2) is 60.7 Å². The Morgan fingerprint density at radius 1 is 1.23 bits per heavy atom. The zero-order valence-electron chi connectivity index (χ0n) is 14.0. The molecular weight excluding hydrogens is 360 g/mol. The average molecular weight is 376 g/mol. The van der Waals surface area contributed by atoms with Crippen LogP contribution in [-0.2, 0) is 38.2 Å². The van der Waals surface area contributed by atoms with Crippen LogP contribution < -0.4 is 0 Å². The van der Waals surface area contributed by atoms with Crippen LogP contribution in [0.1, 0.15) is 20.3 Å². The lowest BCUT2D eigenvalue weighted by atomic mass is 9.95. The Morgan fingerprint density at radius 2 is 1.81 bits per heavy atom. The predicted octanol–water partition coefficient (Wildman–Crippen LogP) is 0.0250. The van der Waals surface area contributed by atoms with Crippen molar-refractivity contribution in [2.75, 3.05) is 7.11 Å². The van der Waals surface area contributed by atoms with Crippen molar-refractivity contribution in [3.63, 3.8) is 0 Å². The summed E-state index contributed by atoms with van der Waals surface area (Å²) >= 11 is 0. The van der Waals surface area contributed by atoms with Crippen molar-refractivity contribution in [1.29, 1.82) is 0 Å². The molecule has 1 saturated heterocycles. The van der Waals surface area contributed by atoms with Crippen molar-refractivity contribution in [2.24, 2.45) is 5.11 Å². The SMILES string of the molecule is COC(=O)C[C@@H]1OC(O[N+](=O)[O-])C(N=[N+]=[N-])[C@H](OC(C)=O)[C@H]1OC(C)=O. The third kappa shape index (κ3) is 5.75. The van der Waals surface area contributed by atoms with Crippen molar-refractivity contribution in [2.45, 2.75) is 50.9 Å². The van der Waals surface area contributed by atoms with E-state index in [1.807, 2.05) is 0 Å². The van der Waals surface area contributed by atoms with Crippen molar-refractivity contribution < 1.29 is 43.3 Å². The minimum absolute atomic E-state index is 0.507. The first-order chi connectivity index (χ1) is 12.2. The van der Waals surface area contributed by atoms with Gasteiger partial charge in [0.2, 0.25) is 6.29 Å². The summed E-state index contributed by atoms with van der Waals surface area (Å²) in [5.74, 6) is -2.47. The van der Waals surface area contributed by atoms with E-state index in [9.17, 15) is 24.5 Å². The Hall–Kier alpha value is -3.12. The number of hydrogen-bond donors (Lipinski definition) is 0. The molecule has 0 aromatic carbocycles. The predicted molar refractivity (Wildman–Crippen MR) is 77.4 cm³/mol. The second kappa shape index (κ2) is 9.39. The zero-order chi connectivity index (χ0) is 19.9. The van der Waals surface area contributed by atoms with Gasteiger partial charge in [-0.15, -0.1) is 10.1 Å². The van der Waals surface area contributed by atoms with Gasteiger partial charge in [-0.05, 0) is 5.53 Å². The van der Waals surface area contributed by atoms with Gasteiger partial charge in [0, 0.05) is 18.8 Å². The quantitative estimate of drug-likeness (QED) is 0.111. The van der Waals surface area contributed by atoms with E-state index >= 15 is 0 Å². The van der Waals surface area contributed by atoms with E-state index in [0.717, 1.165) is 21.0 Å². The van der Waals surface area contributed by atoms with Gasteiger partial charge in [-0.25, -0.2) is 0 Å². The van der Waals surface area contributed by atoms with Crippen LogP contribution in [0.4, 0.5) is 0 Å². The van der Waals surface area contributed by atoms with Crippen molar-refractivity contribution in [3.05, 3.63) is 20.6 Å². The molecule has 26 heavy (non-hydrogen) atoms. The number of hydrogen-bond acceptors (Lipinski definition) is 11. The number of methoxy groups -OCH3 is 1. The third-order valence-corrected chi connectivity index (χ3v) is 3.19. The molecule has 14 nitrogen and oxygen atoms in total. The van der Waals surface area contributed by atoms with E-state index in [2.05, 4.69) is 19.6 Å². The fourth-order valence-electron chi connectivity index (χ4n) is 2.32. The highest BCUT2D eigenvalue weighted by molar-refractivity contribution is 5.70. The molecule has 1 heterocycles. The summed E-state index contributed by atoms with van der Waals surface area (Å²) in [6.45, 7) is 2.06. The Kier molecular flexibility index (Phi) is 7.55. The van der Waals surface area contributed by atoms with Gasteiger partial charge < -0.3 is 18.9 Å². The van der Waals surface area contributed by atoms with E-state index in [4.69, 9.17) is 19.7 Å². The molecule has 2 unspecified atom stereocenters. The minimum atomic E-state index is -1.81. The second-order valence-electron chi connectivity index (χ2n) is 5.00. The highest BCUT2D eigenvalue weighted by atomic mass is 17.0. The first kappa shape index (κ1) is 20.9. The monoisotopic (exact) mass is 376 g/mol. The average Bonchev–Trinajstić information content (AvgIpc) is 2.52. The van der Waals surface area contributed by atoms with Crippen LogP contribution in [0.5, 0.6) is 0 Å². The van der Waals surface area contributed by atoms with Gasteiger partial charge in [0.15, 0.2) is 12.2 Å². The lowest BCUT2D eigenvalue weighted by Crippen LogP contribution is -2.60. The molecule has 1 aliphatic heterocycles. The molecule has 0 saturated carbocycles. The Labute approximate surface area is 146 Å². The van der Waals surface area contributed by atoms with Crippen LogP contribution in [0.2, 0.25) is 0 Å². The summed E-state index contributed by atoms with van der Waals surface area (Å²) < 4.78 is 19.8. The van der Waals surface area contributed by atoms with Crippen LogP contribution in [0.3, 0.4) is 0 Å². The number of ether oxygens (including phenoxy) is 4. The van der Waals surface area contributed by atoms with Crippen LogP contribution in [0.25, 0.3) is 10.4 Å². The Balaban J connectivity index is 3.32. The number of nitrogens with zero attached hydrogens (tertiary/aromatic N) is 4. The van der Waals surface area contributed by atoms with E-state index in [1.165, 1.54) is 0 Å². The van der Waals surface area contributed by atoms with Crippen LogP contribution >= 0.6 is 0 Å². The van der Waals surface area contributed by atoms with E-state index in [0.29, 0.717) is 0 Å². The highest BCUT2D eigenvalue weighted by Gasteiger charge is 2.51. The smallest absolute Gasteiger partial charge is 0.308 e. The van der Waals surface area contributed by atoms with Gasteiger partial charge in [0.25, 0.3) is 5.09 Å². The first-order valence-corrected chi connectivity index (χ1v) is 7.11. The van der Waals surface area contributed by atoms with Crippen LogP contribution in [0.15, 0.2) is 5.11 Å². The van der Waals surface area contributed by atoms with Gasteiger partial charge in [-0.2, -0.15) is 0 Å². The lowest BCUT2D eigenvalue weighted by Gasteiger charge is -2.42. The van der Waals surface area contributed by atoms with Crippen molar-refractivity contribution >= 4 is 17.9 Å². The molecule has 0 aromatic heterocycles. The first-order valence-electron chi connectivity index (χ1n) is 7.11. The summed E-state index contributed by atoms with van der Waals surface area (Å²) in [7, 11) is 1.09. The van der Waals surface area contributed by atoms with Gasteiger partial charge in [-0.3, -0.25) is 19.2 Å². The summed E-state index contributed by atoms with van der Waals surface area (Å²) in [4.78, 5) is 51.9. The molecule has 0 radical (unpaired) electrons. The summed E-state index contributed by atoms with van der Waals surface area (Å²) in [6.07, 6.45) is -6.55. The zero-order valence-corrected chi connectivity index (χ0v) is 14.0. The molecule has 0 aromatic rings. The molecule has 1 rings (SSSR count). The Bertz CT molecular complexity index is 619. The number of carbonyl (C=O) groups excluding carboxylic acids is 3. The highest BCUT2D eigenvalue weighted by Crippen LogP contribution is 2.31. The standard InChI is InChI=1S/C12H16N4O10/c1-5(17)23-10-7(4-8(19)22-3)25-12(26-16(20)21)9(14-15-13)11(10)24-6(2)18/h7,9-12H,4H2,1-3H3/t7-,9?,10-,11-,12?/m0/s1. The van der Waals surface area contributed by atoms with E-state index in [1.54, 1.807) is 0 Å². The molecule has 0 aliphatic carbocycles. The van der Waals surface area contributed by atoms with Crippen LogP contribution in [0, 0.1) is 10.1 Å². The molecule has 144 valence electrons. The maximum absolute atomic E-state index is 11.6. The Morgan fingerprint density at radius 3 is 2.27 bits per heavy atom. The molecule has 0 spiro atoms. The molecule has 1 fully saturated rings. The fraction of sp³-hybridized carbons (Fsp3) is 0.750. The van der Waals surface area contributed by atoms with Gasteiger partial charge in [0.1, 0.15) is 12.1 Å². The van der Waals surface area contributed by atoms with Gasteiger partial charge in [0.05, 0.1) is 13.5 Å². The fourth-order valence-corrected chi connectivity index (χ4v) is 2.32. The van der Waals surface area contributed by atoms with E-state index < -0.39 is 60.1 Å². The largest absolute Gasteiger partial charge is 0.469 e. The lowest BCUT2D eigenvalue weighted by molar-refractivity contribution is -0.783. The van der Waals surface area contributed by atoms with Gasteiger partial charge >= 0.3 is 17.9 Å². The summed E-state index contributed by atoms with van der Waals surface area (Å²) in [6, 6.07) is -1.56. The number of carbonyl (C=O) groups is 3. The number of rotatable bonds is 7. The maximum Gasteiger partial charge on any atom is 0.308 e. The van der Waals surface area contributed by atoms with Gasteiger partial charge in [-0.1, -0.05) is 5.11 Å². The molecule has 0 bridgehead atoms. The molecular formula is C12H16N4O10. The molecule has 0 N–H and O–H groups in total. The minimum Gasteiger partial charge on any atom is -0.469 e. The maximum atomic E-state index is 11.6. The van der Waals surface area contributed by atoms with Crippen molar-refractivity contribution in [1.82, 2.24) is 0 Å². The number of azide groups is 1. The summed E-state index contributed by atoms with van der Waals surface area (Å²) in [5.41, 5.74) is 8.69. The third-order valence-electron chi connectivity index (χ3n) is 3.19. The van der Waals surface area contributed by atoms with E-state index in [-0.39, 0.29) is 0 Å². The summed E-state index contributed by atoms with van der Waals surface area (Å²) in [5, 5.41) is 12.7. The molecule has 5 atom stereocenters. The topological polar surface area (TPSA) is 189 Å². The number of esters is 3. The van der Waals surface area contributed by atoms with Crippen molar-refractivity contribution in [3.8, 4) is 0 Å². The second-order valence-corrected chi connectivity index (χ2v) is 5.00. The molecule has 0 amide bonds.